The molecule has 2 aliphatic rings. The van der Waals surface area contributed by atoms with Crippen molar-refractivity contribution in [2.45, 2.75) is 31.7 Å². The maximum Gasteiger partial charge on any atom is 0.249 e. The topological polar surface area (TPSA) is 78.5 Å². The summed E-state index contributed by atoms with van der Waals surface area (Å²) in [5, 5.41) is 5.56. The lowest BCUT2D eigenvalue weighted by Gasteiger charge is -2.32. The fraction of sp³-hybridized carbons (Fsp3) is 0.471. The van der Waals surface area contributed by atoms with Crippen molar-refractivity contribution < 1.29 is 14.4 Å². The largest absolute Gasteiger partial charge is 0.374 e. The molecule has 0 bridgehead atoms. The molecule has 0 saturated carbocycles. The third-order valence-electron chi connectivity index (χ3n) is 4.52. The number of piperidine rings is 2. The Morgan fingerprint density at radius 1 is 1.17 bits per heavy atom. The first-order valence-electron chi connectivity index (χ1n) is 8.06. The van der Waals surface area contributed by atoms with Crippen LogP contribution in [0.1, 0.15) is 25.7 Å². The smallest absolute Gasteiger partial charge is 0.249 e. The molecule has 0 spiro atoms. The lowest BCUT2D eigenvalue weighted by Crippen LogP contribution is -2.47. The zero-order chi connectivity index (χ0) is 16.2. The van der Waals surface area contributed by atoms with E-state index in [0.717, 1.165) is 43.6 Å². The molecule has 1 aromatic rings. The van der Waals surface area contributed by atoms with Gasteiger partial charge < -0.3 is 15.0 Å². The number of carbonyl (C=O) groups excluding carboxylic acids is 3. The summed E-state index contributed by atoms with van der Waals surface area (Å²) in [7, 11) is 0. The highest BCUT2D eigenvalue weighted by Crippen LogP contribution is 2.25. The minimum atomic E-state index is -0.372. The summed E-state index contributed by atoms with van der Waals surface area (Å²) in [6, 6.07) is 7.56. The van der Waals surface area contributed by atoms with Crippen molar-refractivity contribution in [3.63, 3.8) is 0 Å². The molecule has 1 unspecified atom stereocenters. The summed E-state index contributed by atoms with van der Waals surface area (Å²) in [4.78, 5) is 36.1. The fourth-order valence-electron chi connectivity index (χ4n) is 3.12. The van der Waals surface area contributed by atoms with E-state index in [1.807, 2.05) is 24.3 Å². The van der Waals surface area contributed by atoms with Crippen molar-refractivity contribution in [3.05, 3.63) is 24.3 Å². The number of rotatable bonds is 4. The van der Waals surface area contributed by atoms with Crippen molar-refractivity contribution >= 4 is 29.5 Å². The number of imide groups is 1. The molecule has 2 heterocycles. The molecule has 0 radical (unpaired) electrons. The van der Waals surface area contributed by atoms with Gasteiger partial charge in [-0.3, -0.25) is 14.9 Å². The van der Waals surface area contributed by atoms with Crippen molar-refractivity contribution in [2.75, 3.05) is 23.3 Å². The Hall–Kier alpha value is -2.37. The maximum atomic E-state index is 11.8. The van der Waals surface area contributed by atoms with Gasteiger partial charge in [-0.05, 0) is 37.5 Å². The highest BCUT2D eigenvalue weighted by molar-refractivity contribution is 6.01. The number of benzene rings is 1. The van der Waals surface area contributed by atoms with E-state index in [1.165, 1.54) is 0 Å². The van der Waals surface area contributed by atoms with Crippen LogP contribution in [0, 0.1) is 5.92 Å². The zero-order valence-corrected chi connectivity index (χ0v) is 13.0. The van der Waals surface area contributed by atoms with E-state index in [4.69, 9.17) is 0 Å². The minimum Gasteiger partial charge on any atom is -0.374 e. The van der Waals surface area contributed by atoms with Crippen molar-refractivity contribution in [2.24, 2.45) is 5.92 Å². The monoisotopic (exact) mass is 315 g/mol. The average molecular weight is 315 g/mol. The SMILES string of the molecule is O=CC1CCN(c2cccc(NC3CCC(=O)NC3=O)c2)CC1. The molecule has 2 N–H and O–H groups in total. The molecule has 3 rings (SSSR count). The number of hydrogen-bond donors (Lipinski definition) is 2. The molecule has 2 fully saturated rings. The Morgan fingerprint density at radius 3 is 2.65 bits per heavy atom. The van der Waals surface area contributed by atoms with E-state index in [0.29, 0.717) is 12.8 Å². The first-order chi connectivity index (χ1) is 11.2. The standard InChI is InChI=1S/C17H21N3O3/c21-11-12-6-8-20(9-7-12)14-3-1-2-13(10-14)18-15-4-5-16(22)19-17(15)23/h1-3,10-12,15,18H,4-9H2,(H,19,22,23). The molecule has 122 valence electrons. The molecule has 6 heteroatoms. The molecule has 2 saturated heterocycles. The highest BCUT2D eigenvalue weighted by atomic mass is 16.2. The van der Waals surface area contributed by atoms with E-state index in [9.17, 15) is 14.4 Å². The number of hydrogen-bond acceptors (Lipinski definition) is 5. The lowest BCUT2D eigenvalue weighted by atomic mass is 9.98. The minimum absolute atomic E-state index is 0.177. The fourth-order valence-corrected chi connectivity index (χ4v) is 3.12. The Bertz CT molecular complexity index is 609. The normalized spacial score (nSPS) is 22.6. The molecular weight excluding hydrogens is 294 g/mol. The van der Waals surface area contributed by atoms with Gasteiger partial charge in [-0.1, -0.05) is 6.07 Å². The van der Waals surface area contributed by atoms with Gasteiger partial charge in [0.1, 0.15) is 12.3 Å². The Morgan fingerprint density at radius 2 is 1.96 bits per heavy atom. The molecule has 6 nitrogen and oxygen atoms in total. The van der Waals surface area contributed by atoms with Gasteiger partial charge in [0.05, 0.1) is 0 Å². The molecule has 0 aromatic heterocycles. The van der Waals surface area contributed by atoms with E-state index in [2.05, 4.69) is 15.5 Å². The second-order valence-electron chi connectivity index (χ2n) is 6.16. The van der Waals surface area contributed by atoms with Crippen molar-refractivity contribution in [1.29, 1.82) is 0 Å². The number of nitrogens with one attached hydrogen (secondary N) is 2. The van der Waals surface area contributed by atoms with Crippen LogP contribution in [-0.2, 0) is 14.4 Å². The van der Waals surface area contributed by atoms with Crippen LogP contribution in [0.4, 0.5) is 11.4 Å². The van der Waals surface area contributed by atoms with Gasteiger partial charge in [0.2, 0.25) is 11.8 Å². The van der Waals surface area contributed by atoms with Gasteiger partial charge in [0.15, 0.2) is 0 Å². The predicted octanol–water partition coefficient (Wildman–Crippen LogP) is 1.32. The summed E-state index contributed by atoms with van der Waals surface area (Å²) in [6.07, 6.45) is 3.70. The van der Waals surface area contributed by atoms with E-state index < -0.39 is 0 Å². The summed E-state index contributed by atoms with van der Waals surface area (Å²) >= 11 is 0. The van der Waals surface area contributed by atoms with Gasteiger partial charge in [0.25, 0.3) is 0 Å². The van der Waals surface area contributed by atoms with Crippen LogP contribution in [0.3, 0.4) is 0 Å². The first kappa shape index (κ1) is 15.5. The molecule has 2 aliphatic heterocycles. The molecule has 1 aromatic carbocycles. The highest BCUT2D eigenvalue weighted by Gasteiger charge is 2.26. The van der Waals surface area contributed by atoms with Crippen LogP contribution < -0.4 is 15.5 Å². The summed E-state index contributed by atoms with van der Waals surface area (Å²) in [6.45, 7) is 1.73. The van der Waals surface area contributed by atoms with Gasteiger partial charge in [-0.25, -0.2) is 0 Å². The van der Waals surface area contributed by atoms with E-state index in [1.54, 1.807) is 0 Å². The summed E-state index contributed by atoms with van der Waals surface area (Å²) in [5.41, 5.74) is 1.96. The number of carbonyl (C=O) groups is 3. The Labute approximate surface area is 135 Å². The van der Waals surface area contributed by atoms with Crippen LogP contribution in [0.25, 0.3) is 0 Å². The molecule has 23 heavy (non-hydrogen) atoms. The zero-order valence-electron chi connectivity index (χ0n) is 13.0. The number of aldehydes is 1. The van der Waals surface area contributed by atoms with Crippen LogP contribution in [0.5, 0.6) is 0 Å². The molecular formula is C17H21N3O3. The molecule has 2 amide bonds. The van der Waals surface area contributed by atoms with Gasteiger partial charge in [0, 0.05) is 36.8 Å². The van der Waals surface area contributed by atoms with Gasteiger partial charge >= 0.3 is 0 Å². The number of anilines is 2. The van der Waals surface area contributed by atoms with Crippen LogP contribution in [0.2, 0.25) is 0 Å². The molecule has 1 atom stereocenters. The van der Waals surface area contributed by atoms with Gasteiger partial charge in [-0.15, -0.1) is 0 Å². The number of nitrogens with zero attached hydrogens (tertiary/aromatic N) is 1. The average Bonchev–Trinajstić information content (AvgIpc) is 2.58. The van der Waals surface area contributed by atoms with Crippen molar-refractivity contribution in [3.8, 4) is 0 Å². The lowest BCUT2D eigenvalue weighted by molar-refractivity contribution is -0.133. The summed E-state index contributed by atoms with van der Waals surface area (Å²) in [5.74, 6) is -0.297. The van der Waals surface area contributed by atoms with Crippen LogP contribution >= 0.6 is 0 Å². The van der Waals surface area contributed by atoms with Crippen LogP contribution in [-0.4, -0.2) is 37.2 Å². The van der Waals surface area contributed by atoms with E-state index >= 15 is 0 Å². The Kier molecular flexibility index (Phi) is 4.60. The molecule has 0 aliphatic carbocycles. The third kappa shape index (κ3) is 3.70. The van der Waals surface area contributed by atoms with Crippen molar-refractivity contribution in [1.82, 2.24) is 5.32 Å². The summed E-state index contributed by atoms with van der Waals surface area (Å²) < 4.78 is 0. The quantitative estimate of drug-likeness (QED) is 0.647. The first-order valence-corrected chi connectivity index (χ1v) is 8.06. The maximum absolute atomic E-state index is 11.8. The van der Waals surface area contributed by atoms with Gasteiger partial charge in [-0.2, -0.15) is 0 Å². The second kappa shape index (κ2) is 6.81. The predicted molar refractivity (Wildman–Crippen MR) is 87.2 cm³/mol. The second-order valence-corrected chi connectivity index (χ2v) is 6.16. The Balaban J connectivity index is 1.65. The number of amides is 2. The van der Waals surface area contributed by atoms with Crippen LogP contribution in [0.15, 0.2) is 24.3 Å². The third-order valence-corrected chi connectivity index (χ3v) is 4.52. The van der Waals surface area contributed by atoms with E-state index in [-0.39, 0.29) is 23.8 Å².